The van der Waals surface area contributed by atoms with Crippen LogP contribution in [0.3, 0.4) is 0 Å². The van der Waals surface area contributed by atoms with Gasteiger partial charge in [0.25, 0.3) is 0 Å². The molecule has 0 amide bonds. The van der Waals surface area contributed by atoms with Crippen molar-refractivity contribution in [3.05, 3.63) is 23.2 Å². The van der Waals surface area contributed by atoms with Gasteiger partial charge in [-0.25, -0.2) is 9.97 Å². The number of hydrogen-bond donors (Lipinski definition) is 1. The van der Waals surface area contributed by atoms with E-state index in [1.54, 1.807) is 12.3 Å². The lowest BCUT2D eigenvalue weighted by atomic mass is 9.97. The van der Waals surface area contributed by atoms with E-state index >= 15 is 0 Å². The third-order valence-electron chi connectivity index (χ3n) is 2.34. The standard InChI is InChI=1S/C9H12ClN3.ClH/c10-8-3-6-12-9(13-8)7-1-4-11-5-2-7;/h3,6-7,11H,1-2,4-5H2;1H. The van der Waals surface area contributed by atoms with Crippen LogP contribution in [0, 0.1) is 0 Å². The summed E-state index contributed by atoms with van der Waals surface area (Å²) in [6.07, 6.45) is 3.95. The van der Waals surface area contributed by atoms with Gasteiger partial charge in [-0.1, -0.05) is 11.6 Å². The fourth-order valence-corrected chi connectivity index (χ4v) is 1.77. The van der Waals surface area contributed by atoms with Crippen molar-refractivity contribution in [3.63, 3.8) is 0 Å². The molecule has 1 fully saturated rings. The zero-order chi connectivity index (χ0) is 9.10. The highest BCUT2D eigenvalue weighted by molar-refractivity contribution is 6.29. The van der Waals surface area contributed by atoms with Crippen molar-refractivity contribution >= 4 is 24.0 Å². The maximum Gasteiger partial charge on any atom is 0.133 e. The number of rotatable bonds is 1. The van der Waals surface area contributed by atoms with Crippen molar-refractivity contribution in [1.82, 2.24) is 15.3 Å². The summed E-state index contributed by atoms with van der Waals surface area (Å²) >= 11 is 5.80. The van der Waals surface area contributed by atoms with Gasteiger partial charge in [-0.05, 0) is 32.0 Å². The number of nitrogens with one attached hydrogen (secondary N) is 1. The molecular formula is C9H13Cl2N3. The maximum atomic E-state index is 5.80. The summed E-state index contributed by atoms with van der Waals surface area (Å²) in [5, 5.41) is 3.86. The Bertz CT molecular complexity index is 287. The first-order chi connectivity index (χ1) is 6.36. The van der Waals surface area contributed by atoms with Crippen LogP contribution in [0.15, 0.2) is 12.3 Å². The third-order valence-corrected chi connectivity index (χ3v) is 2.56. The Balaban J connectivity index is 0.000000980. The highest BCUT2D eigenvalue weighted by Gasteiger charge is 2.17. The van der Waals surface area contributed by atoms with Gasteiger partial charge in [0.1, 0.15) is 11.0 Å². The monoisotopic (exact) mass is 233 g/mol. The molecule has 3 nitrogen and oxygen atoms in total. The van der Waals surface area contributed by atoms with Crippen LogP contribution in [-0.2, 0) is 0 Å². The van der Waals surface area contributed by atoms with E-state index in [9.17, 15) is 0 Å². The first-order valence-electron chi connectivity index (χ1n) is 4.55. The Morgan fingerprint density at radius 2 is 2.07 bits per heavy atom. The molecule has 14 heavy (non-hydrogen) atoms. The Kier molecular flexibility index (Phi) is 4.58. The number of halogens is 2. The average molecular weight is 234 g/mol. The molecule has 2 heterocycles. The van der Waals surface area contributed by atoms with E-state index in [0.717, 1.165) is 31.8 Å². The molecular weight excluding hydrogens is 221 g/mol. The fourth-order valence-electron chi connectivity index (χ4n) is 1.63. The number of nitrogens with zero attached hydrogens (tertiary/aromatic N) is 2. The molecule has 0 radical (unpaired) electrons. The maximum absolute atomic E-state index is 5.80. The van der Waals surface area contributed by atoms with Gasteiger partial charge in [0, 0.05) is 12.1 Å². The van der Waals surface area contributed by atoms with Gasteiger partial charge in [0.05, 0.1) is 0 Å². The van der Waals surface area contributed by atoms with E-state index in [1.165, 1.54) is 0 Å². The van der Waals surface area contributed by atoms with Crippen molar-refractivity contribution in [1.29, 1.82) is 0 Å². The second-order valence-corrected chi connectivity index (χ2v) is 3.65. The van der Waals surface area contributed by atoms with Gasteiger partial charge >= 0.3 is 0 Å². The minimum absolute atomic E-state index is 0. The van der Waals surface area contributed by atoms with Crippen molar-refractivity contribution < 1.29 is 0 Å². The highest BCUT2D eigenvalue weighted by atomic mass is 35.5. The second kappa shape index (κ2) is 5.49. The Labute approximate surface area is 94.7 Å². The smallest absolute Gasteiger partial charge is 0.133 e. The van der Waals surface area contributed by atoms with Crippen LogP contribution >= 0.6 is 24.0 Å². The molecule has 5 heteroatoms. The Hall–Kier alpha value is -0.380. The number of hydrogen-bond acceptors (Lipinski definition) is 3. The molecule has 1 aromatic heterocycles. The first-order valence-corrected chi connectivity index (χ1v) is 4.93. The molecule has 0 aliphatic carbocycles. The average Bonchev–Trinajstić information content (AvgIpc) is 2.19. The first kappa shape index (κ1) is 11.7. The van der Waals surface area contributed by atoms with E-state index in [0.29, 0.717) is 11.1 Å². The molecule has 0 saturated carbocycles. The zero-order valence-corrected chi connectivity index (χ0v) is 9.31. The molecule has 1 aliphatic heterocycles. The van der Waals surface area contributed by atoms with Crippen molar-refractivity contribution in [2.24, 2.45) is 0 Å². The van der Waals surface area contributed by atoms with Gasteiger partial charge in [0.2, 0.25) is 0 Å². The zero-order valence-electron chi connectivity index (χ0n) is 7.74. The van der Waals surface area contributed by atoms with Gasteiger partial charge < -0.3 is 5.32 Å². The molecule has 0 aromatic carbocycles. The van der Waals surface area contributed by atoms with Crippen LogP contribution in [-0.4, -0.2) is 23.1 Å². The summed E-state index contributed by atoms with van der Waals surface area (Å²) in [7, 11) is 0. The SMILES string of the molecule is Cl.Clc1ccnc(C2CCNCC2)n1. The summed E-state index contributed by atoms with van der Waals surface area (Å²) in [4.78, 5) is 8.46. The molecule has 0 atom stereocenters. The summed E-state index contributed by atoms with van der Waals surface area (Å²) in [5.74, 6) is 1.38. The minimum atomic E-state index is 0. The lowest BCUT2D eigenvalue weighted by Crippen LogP contribution is -2.27. The quantitative estimate of drug-likeness (QED) is 0.755. The number of piperidine rings is 1. The molecule has 0 bridgehead atoms. The second-order valence-electron chi connectivity index (χ2n) is 3.26. The largest absolute Gasteiger partial charge is 0.317 e. The Morgan fingerprint density at radius 1 is 1.36 bits per heavy atom. The van der Waals surface area contributed by atoms with Gasteiger partial charge in [-0.2, -0.15) is 0 Å². The molecule has 78 valence electrons. The predicted molar refractivity (Wildman–Crippen MR) is 59.1 cm³/mol. The van der Waals surface area contributed by atoms with Crippen molar-refractivity contribution in [2.75, 3.05) is 13.1 Å². The molecule has 0 spiro atoms. The number of aromatic nitrogens is 2. The van der Waals surface area contributed by atoms with E-state index < -0.39 is 0 Å². The molecule has 0 unspecified atom stereocenters. The summed E-state index contributed by atoms with van der Waals surface area (Å²) in [6, 6.07) is 1.71. The van der Waals surface area contributed by atoms with E-state index in [4.69, 9.17) is 11.6 Å². The van der Waals surface area contributed by atoms with E-state index in [-0.39, 0.29) is 12.4 Å². The van der Waals surface area contributed by atoms with Crippen LogP contribution in [0.4, 0.5) is 0 Å². The van der Waals surface area contributed by atoms with Crippen LogP contribution in [0.25, 0.3) is 0 Å². The van der Waals surface area contributed by atoms with Crippen LogP contribution in [0.1, 0.15) is 24.6 Å². The lowest BCUT2D eigenvalue weighted by molar-refractivity contribution is 0.445. The molecule has 1 aromatic rings. The van der Waals surface area contributed by atoms with Gasteiger partial charge in [-0.15, -0.1) is 12.4 Å². The third kappa shape index (κ3) is 2.80. The normalized spacial score (nSPS) is 17.5. The Morgan fingerprint density at radius 3 is 2.71 bits per heavy atom. The molecule has 2 rings (SSSR count). The summed E-state index contributed by atoms with van der Waals surface area (Å²) < 4.78 is 0. The lowest BCUT2D eigenvalue weighted by Gasteiger charge is -2.20. The minimum Gasteiger partial charge on any atom is -0.317 e. The van der Waals surface area contributed by atoms with E-state index in [2.05, 4.69) is 15.3 Å². The van der Waals surface area contributed by atoms with Crippen molar-refractivity contribution in [3.8, 4) is 0 Å². The van der Waals surface area contributed by atoms with Gasteiger partial charge in [0.15, 0.2) is 0 Å². The van der Waals surface area contributed by atoms with Gasteiger partial charge in [-0.3, -0.25) is 0 Å². The molecule has 1 saturated heterocycles. The topological polar surface area (TPSA) is 37.8 Å². The predicted octanol–water partition coefficient (Wildman–Crippen LogP) is 2.02. The summed E-state index contributed by atoms with van der Waals surface area (Å²) in [5.41, 5.74) is 0. The summed E-state index contributed by atoms with van der Waals surface area (Å²) in [6.45, 7) is 2.11. The van der Waals surface area contributed by atoms with E-state index in [1.807, 2.05) is 0 Å². The molecule has 1 aliphatic rings. The van der Waals surface area contributed by atoms with Crippen molar-refractivity contribution in [2.45, 2.75) is 18.8 Å². The fraction of sp³-hybridized carbons (Fsp3) is 0.556. The molecule has 1 N–H and O–H groups in total. The highest BCUT2D eigenvalue weighted by Crippen LogP contribution is 2.22. The van der Waals surface area contributed by atoms with Crippen LogP contribution < -0.4 is 5.32 Å². The van der Waals surface area contributed by atoms with Crippen LogP contribution in [0.5, 0.6) is 0 Å². The van der Waals surface area contributed by atoms with Crippen LogP contribution in [0.2, 0.25) is 5.15 Å².